The molecule has 0 fully saturated rings. The third-order valence-electron chi connectivity index (χ3n) is 3.49. The number of anilines is 1. The van der Waals surface area contributed by atoms with Crippen LogP contribution in [0.4, 0.5) is 5.95 Å². The van der Waals surface area contributed by atoms with E-state index in [1.165, 1.54) is 6.08 Å². The van der Waals surface area contributed by atoms with Crippen molar-refractivity contribution >= 4 is 29.0 Å². The number of hydrogen-bond donors (Lipinski definition) is 1. The number of nitrogens with one attached hydrogen (secondary N) is 1. The van der Waals surface area contributed by atoms with E-state index in [0.717, 1.165) is 29.6 Å². The molecule has 0 atom stereocenters. The predicted octanol–water partition coefficient (Wildman–Crippen LogP) is 2.83. The second-order valence-electron chi connectivity index (χ2n) is 5.35. The summed E-state index contributed by atoms with van der Waals surface area (Å²) in [6.07, 6.45) is 7.74. The number of para-hydroxylation sites is 2. The summed E-state index contributed by atoms with van der Waals surface area (Å²) in [5.74, 6) is 0.371. The fraction of sp³-hybridized carbons (Fsp3) is 0.235. The average molecular weight is 309 g/mol. The lowest BCUT2D eigenvalue weighted by Crippen LogP contribution is -2.13. The van der Waals surface area contributed by atoms with Crippen LogP contribution in [-0.2, 0) is 18.4 Å². The number of carbonyl (C=O) groups is 1. The van der Waals surface area contributed by atoms with Crippen molar-refractivity contribution in [2.45, 2.75) is 19.9 Å². The quantitative estimate of drug-likeness (QED) is 0.737. The van der Waals surface area contributed by atoms with Crippen LogP contribution in [0.3, 0.4) is 0 Å². The van der Waals surface area contributed by atoms with Crippen LogP contribution in [0.1, 0.15) is 18.9 Å². The Morgan fingerprint density at radius 1 is 1.35 bits per heavy atom. The van der Waals surface area contributed by atoms with Gasteiger partial charge in [-0.25, -0.2) is 4.98 Å². The van der Waals surface area contributed by atoms with Crippen LogP contribution >= 0.6 is 0 Å². The molecule has 1 amide bonds. The monoisotopic (exact) mass is 309 g/mol. The molecule has 2 aromatic heterocycles. The minimum atomic E-state index is -0.207. The van der Waals surface area contributed by atoms with E-state index in [9.17, 15) is 4.79 Å². The highest BCUT2D eigenvalue weighted by molar-refractivity contribution is 6.01. The van der Waals surface area contributed by atoms with E-state index >= 15 is 0 Å². The van der Waals surface area contributed by atoms with Gasteiger partial charge in [0.05, 0.1) is 17.2 Å². The molecule has 6 heteroatoms. The molecule has 0 bridgehead atoms. The van der Waals surface area contributed by atoms with Crippen molar-refractivity contribution in [1.82, 2.24) is 19.3 Å². The molecule has 3 aromatic rings. The number of carbonyl (C=O) groups excluding carboxylic acids is 1. The molecular formula is C17H19N5O. The molecule has 0 saturated heterocycles. The van der Waals surface area contributed by atoms with Gasteiger partial charge in [0.1, 0.15) is 0 Å². The van der Waals surface area contributed by atoms with Crippen LogP contribution in [0, 0.1) is 0 Å². The third kappa shape index (κ3) is 3.31. The third-order valence-corrected chi connectivity index (χ3v) is 3.49. The minimum Gasteiger partial charge on any atom is -0.310 e. The zero-order valence-electron chi connectivity index (χ0n) is 13.2. The van der Waals surface area contributed by atoms with Crippen molar-refractivity contribution in [2.24, 2.45) is 7.05 Å². The second-order valence-corrected chi connectivity index (χ2v) is 5.35. The SMILES string of the molecule is CCCn1c(NC(=O)/C=C/c2cnn(C)c2)nc2ccccc21. The molecule has 0 saturated carbocycles. The normalized spacial score (nSPS) is 11.4. The van der Waals surface area contributed by atoms with E-state index < -0.39 is 0 Å². The molecule has 0 aliphatic heterocycles. The van der Waals surface area contributed by atoms with Crippen LogP contribution < -0.4 is 5.32 Å². The summed E-state index contributed by atoms with van der Waals surface area (Å²) >= 11 is 0. The molecule has 0 spiro atoms. The van der Waals surface area contributed by atoms with E-state index in [-0.39, 0.29) is 5.91 Å². The Hall–Kier alpha value is -2.89. The molecular weight excluding hydrogens is 290 g/mol. The first-order chi connectivity index (χ1) is 11.2. The van der Waals surface area contributed by atoms with Crippen LogP contribution in [-0.4, -0.2) is 25.2 Å². The molecule has 118 valence electrons. The predicted molar refractivity (Wildman–Crippen MR) is 90.9 cm³/mol. The zero-order chi connectivity index (χ0) is 16.2. The topological polar surface area (TPSA) is 64.7 Å². The van der Waals surface area contributed by atoms with Gasteiger partial charge in [0, 0.05) is 31.4 Å². The van der Waals surface area contributed by atoms with Crippen molar-refractivity contribution < 1.29 is 4.79 Å². The van der Waals surface area contributed by atoms with Gasteiger partial charge in [0.2, 0.25) is 5.95 Å². The summed E-state index contributed by atoms with van der Waals surface area (Å²) in [6.45, 7) is 2.91. The van der Waals surface area contributed by atoms with E-state index in [2.05, 4.69) is 22.3 Å². The molecule has 2 heterocycles. The Bertz CT molecular complexity index is 859. The van der Waals surface area contributed by atoms with Gasteiger partial charge >= 0.3 is 0 Å². The summed E-state index contributed by atoms with van der Waals surface area (Å²) in [5.41, 5.74) is 2.79. The Balaban J connectivity index is 1.81. The number of amides is 1. The highest BCUT2D eigenvalue weighted by Crippen LogP contribution is 2.20. The molecule has 1 N–H and O–H groups in total. The Labute approximate surface area is 134 Å². The van der Waals surface area contributed by atoms with Crippen molar-refractivity contribution in [3.05, 3.63) is 48.3 Å². The zero-order valence-corrected chi connectivity index (χ0v) is 13.2. The first-order valence-electron chi connectivity index (χ1n) is 7.60. The Kier molecular flexibility index (Phi) is 4.23. The summed E-state index contributed by atoms with van der Waals surface area (Å²) < 4.78 is 3.73. The lowest BCUT2D eigenvalue weighted by molar-refractivity contribution is -0.111. The van der Waals surface area contributed by atoms with Crippen molar-refractivity contribution in [3.8, 4) is 0 Å². The van der Waals surface area contributed by atoms with Crippen LogP contribution in [0.25, 0.3) is 17.1 Å². The minimum absolute atomic E-state index is 0.207. The molecule has 0 aliphatic carbocycles. The second kappa shape index (κ2) is 6.48. The number of imidazole rings is 1. The number of benzene rings is 1. The van der Waals surface area contributed by atoms with Gasteiger partial charge in [0.25, 0.3) is 5.91 Å². The summed E-state index contributed by atoms with van der Waals surface area (Å²) in [5, 5.41) is 6.92. The number of aromatic nitrogens is 4. The van der Waals surface area contributed by atoms with E-state index in [4.69, 9.17) is 0 Å². The van der Waals surface area contributed by atoms with Crippen LogP contribution in [0.15, 0.2) is 42.7 Å². The Morgan fingerprint density at radius 2 is 2.17 bits per heavy atom. The summed E-state index contributed by atoms with van der Waals surface area (Å²) in [6, 6.07) is 7.88. The number of aryl methyl sites for hydroxylation is 2. The van der Waals surface area contributed by atoms with Gasteiger partial charge in [-0.3, -0.25) is 14.8 Å². The van der Waals surface area contributed by atoms with Gasteiger partial charge in [-0.15, -0.1) is 0 Å². The maximum absolute atomic E-state index is 12.1. The van der Waals surface area contributed by atoms with Crippen LogP contribution in [0.5, 0.6) is 0 Å². The number of hydrogen-bond acceptors (Lipinski definition) is 3. The largest absolute Gasteiger partial charge is 0.310 e. The summed E-state index contributed by atoms with van der Waals surface area (Å²) in [4.78, 5) is 16.7. The highest BCUT2D eigenvalue weighted by atomic mass is 16.1. The smallest absolute Gasteiger partial charge is 0.250 e. The molecule has 1 aromatic carbocycles. The Morgan fingerprint density at radius 3 is 2.91 bits per heavy atom. The maximum Gasteiger partial charge on any atom is 0.250 e. The van der Waals surface area contributed by atoms with Gasteiger partial charge < -0.3 is 4.57 Å². The molecule has 0 unspecified atom stereocenters. The average Bonchev–Trinajstić information content (AvgIpc) is 3.10. The lowest BCUT2D eigenvalue weighted by atomic mass is 10.3. The van der Waals surface area contributed by atoms with Gasteiger partial charge in [-0.05, 0) is 24.6 Å². The van der Waals surface area contributed by atoms with Gasteiger partial charge in [0.15, 0.2) is 0 Å². The standard InChI is InChI=1S/C17H19N5O/c1-3-10-22-15-7-5-4-6-14(15)19-17(22)20-16(23)9-8-13-11-18-21(2)12-13/h4-9,11-12H,3,10H2,1-2H3,(H,19,20,23)/b9-8+. The maximum atomic E-state index is 12.1. The molecule has 0 radical (unpaired) electrons. The van der Waals surface area contributed by atoms with Crippen molar-refractivity contribution in [3.63, 3.8) is 0 Å². The molecule has 3 rings (SSSR count). The van der Waals surface area contributed by atoms with Crippen molar-refractivity contribution in [2.75, 3.05) is 5.32 Å². The van der Waals surface area contributed by atoms with Crippen LogP contribution in [0.2, 0.25) is 0 Å². The fourth-order valence-electron chi connectivity index (χ4n) is 2.47. The molecule has 23 heavy (non-hydrogen) atoms. The number of rotatable bonds is 5. The van der Waals surface area contributed by atoms with E-state index in [1.807, 2.05) is 42.1 Å². The van der Waals surface area contributed by atoms with E-state index in [0.29, 0.717) is 5.95 Å². The number of nitrogens with zero attached hydrogens (tertiary/aromatic N) is 4. The lowest BCUT2D eigenvalue weighted by Gasteiger charge is -2.07. The molecule has 0 aliphatic rings. The summed E-state index contributed by atoms with van der Waals surface area (Å²) in [7, 11) is 1.84. The first kappa shape index (κ1) is 15.0. The van der Waals surface area contributed by atoms with E-state index in [1.54, 1.807) is 17.0 Å². The molecule has 6 nitrogen and oxygen atoms in total. The van der Waals surface area contributed by atoms with Gasteiger partial charge in [-0.1, -0.05) is 19.1 Å². The van der Waals surface area contributed by atoms with Gasteiger partial charge in [-0.2, -0.15) is 5.10 Å². The van der Waals surface area contributed by atoms with Crippen molar-refractivity contribution in [1.29, 1.82) is 0 Å². The highest BCUT2D eigenvalue weighted by Gasteiger charge is 2.11. The fourth-order valence-corrected chi connectivity index (χ4v) is 2.47. The number of fused-ring (bicyclic) bond motifs is 1. The first-order valence-corrected chi connectivity index (χ1v) is 7.60.